The molecule has 0 bridgehead atoms. The van der Waals surface area contributed by atoms with E-state index in [1.807, 2.05) is 26.0 Å². The molecule has 1 aromatic carbocycles. The highest BCUT2D eigenvalue weighted by molar-refractivity contribution is 9.10. The number of carbonyl (C=O) groups excluding carboxylic acids is 1. The summed E-state index contributed by atoms with van der Waals surface area (Å²) in [7, 11) is 0. The lowest BCUT2D eigenvalue weighted by molar-refractivity contribution is -0.179. The van der Waals surface area contributed by atoms with Crippen molar-refractivity contribution in [3.05, 3.63) is 46.6 Å². The largest absolute Gasteiger partial charge is 0.499 e. The van der Waals surface area contributed by atoms with E-state index in [-0.39, 0.29) is 17.9 Å². The van der Waals surface area contributed by atoms with E-state index in [9.17, 15) is 13.6 Å². The van der Waals surface area contributed by atoms with Crippen molar-refractivity contribution < 1.29 is 23.0 Å². The fraction of sp³-hybridized carbons (Fsp3) is 0.591. The normalized spacial score (nSPS) is 27.8. The minimum atomic E-state index is -2.76. The van der Waals surface area contributed by atoms with E-state index in [2.05, 4.69) is 33.9 Å². The number of benzene rings is 1. The molecule has 1 saturated carbocycles. The van der Waals surface area contributed by atoms with Crippen LogP contribution in [0.5, 0.6) is 0 Å². The molecule has 0 aromatic heterocycles. The molecule has 4 nitrogen and oxygen atoms in total. The molecule has 162 valence electrons. The number of ether oxygens (including phenoxy) is 2. The molecule has 1 spiro atoms. The topological polar surface area (TPSA) is 47.6 Å². The Hall–Kier alpha value is -1.47. The fourth-order valence-electron chi connectivity index (χ4n) is 4.88. The smallest absolute Gasteiger partial charge is 0.345 e. The van der Waals surface area contributed by atoms with Crippen LogP contribution < -0.4 is 5.32 Å². The molecule has 3 rings (SSSR count). The number of hydrogen-bond acceptors (Lipinski definition) is 3. The molecule has 1 atom stereocenters. The molecule has 1 fully saturated rings. The van der Waals surface area contributed by atoms with Crippen LogP contribution in [0.4, 0.5) is 8.78 Å². The third-order valence-corrected chi connectivity index (χ3v) is 6.45. The van der Waals surface area contributed by atoms with Crippen LogP contribution in [0.25, 0.3) is 0 Å². The highest BCUT2D eigenvalue weighted by atomic mass is 79.9. The van der Waals surface area contributed by atoms with Gasteiger partial charge in [0.05, 0.1) is 12.4 Å². The summed E-state index contributed by atoms with van der Waals surface area (Å²) in [5.41, 5.74) is 1.12. The predicted octanol–water partition coefficient (Wildman–Crippen LogP) is 5.69. The number of nitrogens with one attached hydrogen (secondary N) is 1. The molecular weight excluding hydrogens is 444 g/mol. The van der Waals surface area contributed by atoms with Gasteiger partial charge in [0.15, 0.2) is 0 Å². The molecule has 1 N–H and O–H groups in total. The van der Waals surface area contributed by atoms with Crippen LogP contribution in [-0.4, -0.2) is 25.2 Å². The molecule has 1 aromatic rings. The standard InChI is InChI=1S/C20H24BrF2NO3.C2H6/c1-3-26-12-20(24-13(2)25)17-10-15(21)5-4-14(17)11-19(20)8-6-16(7-9-19)27-18(22)23;1-2/h3-5,10,16,18H,1,6-9,11-12H2,2H3,(H,24,25);1-2H3. The Bertz CT molecular complexity index is 720. The van der Waals surface area contributed by atoms with Crippen LogP contribution in [0.15, 0.2) is 35.5 Å². The molecule has 2 aliphatic carbocycles. The summed E-state index contributed by atoms with van der Waals surface area (Å²) in [5, 5.41) is 3.17. The molecule has 1 unspecified atom stereocenters. The summed E-state index contributed by atoms with van der Waals surface area (Å²) in [5.74, 6) is -0.152. The van der Waals surface area contributed by atoms with E-state index in [1.54, 1.807) is 0 Å². The molecule has 0 aliphatic heterocycles. The highest BCUT2D eigenvalue weighted by Crippen LogP contribution is 2.58. The molecule has 0 saturated heterocycles. The summed E-state index contributed by atoms with van der Waals surface area (Å²) in [6.07, 6.45) is 4.05. The molecule has 1 amide bonds. The maximum atomic E-state index is 12.6. The first-order valence-corrected chi connectivity index (χ1v) is 10.8. The van der Waals surface area contributed by atoms with Gasteiger partial charge in [0.25, 0.3) is 0 Å². The fourth-order valence-corrected chi connectivity index (χ4v) is 5.24. The van der Waals surface area contributed by atoms with Crippen molar-refractivity contribution in [2.45, 2.75) is 71.1 Å². The summed E-state index contributed by atoms with van der Waals surface area (Å²) >= 11 is 3.52. The molecule has 0 radical (unpaired) electrons. The Morgan fingerprint density at radius 3 is 2.59 bits per heavy atom. The molecule has 29 heavy (non-hydrogen) atoms. The van der Waals surface area contributed by atoms with Gasteiger partial charge in [0.2, 0.25) is 5.91 Å². The second kappa shape index (κ2) is 10.0. The SMILES string of the molecule is C=COCC1(NC(C)=O)c2cc(Br)ccc2CC12CCC(OC(F)F)CC2.CC. The Kier molecular flexibility index (Phi) is 8.23. The molecule has 7 heteroatoms. The van der Waals surface area contributed by atoms with Crippen molar-refractivity contribution in [2.75, 3.05) is 6.61 Å². The van der Waals surface area contributed by atoms with Gasteiger partial charge in [0.1, 0.15) is 12.1 Å². The first kappa shape index (κ1) is 23.8. The van der Waals surface area contributed by atoms with Gasteiger partial charge in [-0.3, -0.25) is 4.79 Å². The lowest BCUT2D eigenvalue weighted by atomic mass is 9.61. The zero-order valence-electron chi connectivity index (χ0n) is 17.3. The first-order valence-electron chi connectivity index (χ1n) is 10.1. The van der Waals surface area contributed by atoms with Crippen molar-refractivity contribution in [1.82, 2.24) is 5.32 Å². The Labute approximate surface area is 180 Å². The predicted molar refractivity (Wildman–Crippen MR) is 113 cm³/mol. The summed E-state index contributed by atoms with van der Waals surface area (Å²) < 4.78 is 36.5. The van der Waals surface area contributed by atoms with E-state index >= 15 is 0 Å². The van der Waals surface area contributed by atoms with Gasteiger partial charge in [-0.15, -0.1) is 0 Å². The summed E-state index contributed by atoms with van der Waals surface area (Å²) in [6.45, 7) is 6.62. The van der Waals surface area contributed by atoms with Crippen LogP contribution >= 0.6 is 15.9 Å². The van der Waals surface area contributed by atoms with Gasteiger partial charge in [-0.2, -0.15) is 8.78 Å². The minimum absolute atomic E-state index is 0.152. The summed E-state index contributed by atoms with van der Waals surface area (Å²) in [4.78, 5) is 12.2. The molecule has 0 heterocycles. The summed E-state index contributed by atoms with van der Waals surface area (Å²) in [6, 6.07) is 6.06. The van der Waals surface area contributed by atoms with Crippen LogP contribution in [0, 0.1) is 5.41 Å². The van der Waals surface area contributed by atoms with Crippen molar-refractivity contribution >= 4 is 21.8 Å². The number of rotatable bonds is 6. The second-order valence-electron chi connectivity index (χ2n) is 7.42. The maximum Gasteiger partial charge on any atom is 0.345 e. The van der Waals surface area contributed by atoms with Crippen LogP contribution in [0.1, 0.15) is 57.6 Å². The van der Waals surface area contributed by atoms with E-state index in [0.29, 0.717) is 25.7 Å². The van der Waals surface area contributed by atoms with Crippen molar-refractivity contribution in [3.63, 3.8) is 0 Å². The van der Waals surface area contributed by atoms with Gasteiger partial charge in [-0.25, -0.2) is 0 Å². The highest BCUT2D eigenvalue weighted by Gasteiger charge is 2.59. The van der Waals surface area contributed by atoms with E-state index in [0.717, 1.165) is 22.0 Å². The number of carbonyl (C=O) groups is 1. The van der Waals surface area contributed by atoms with E-state index in [4.69, 9.17) is 9.47 Å². The number of alkyl halides is 2. The van der Waals surface area contributed by atoms with Gasteiger partial charge < -0.3 is 14.8 Å². The third kappa shape index (κ3) is 4.82. The lowest BCUT2D eigenvalue weighted by Gasteiger charge is -2.50. The Morgan fingerprint density at radius 1 is 1.38 bits per heavy atom. The number of amides is 1. The number of hydrogen-bond donors (Lipinski definition) is 1. The quantitative estimate of drug-likeness (QED) is 0.539. The Balaban J connectivity index is 0.00000145. The van der Waals surface area contributed by atoms with Gasteiger partial charge >= 0.3 is 6.61 Å². The van der Waals surface area contributed by atoms with Gasteiger partial charge in [-0.05, 0) is 55.4 Å². The minimum Gasteiger partial charge on any atom is -0.499 e. The zero-order chi connectivity index (χ0) is 21.7. The lowest BCUT2D eigenvalue weighted by Crippen LogP contribution is -2.59. The molecular formula is C22H30BrF2NO3. The zero-order valence-corrected chi connectivity index (χ0v) is 18.9. The van der Waals surface area contributed by atoms with E-state index < -0.39 is 18.3 Å². The second-order valence-corrected chi connectivity index (χ2v) is 8.33. The number of fused-ring (bicyclic) bond motifs is 1. The Morgan fingerprint density at radius 2 is 2.03 bits per heavy atom. The monoisotopic (exact) mass is 473 g/mol. The van der Waals surface area contributed by atoms with Crippen LogP contribution in [0.3, 0.4) is 0 Å². The van der Waals surface area contributed by atoms with Gasteiger partial charge in [0, 0.05) is 16.8 Å². The third-order valence-electron chi connectivity index (χ3n) is 5.96. The van der Waals surface area contributed by atoms with Crippen molar-refractivity contribution in [2.24, 2.45) is 5.41 Å². The van der Waals surface area contributed by atoms with Crippen molar-refractivity contribution in [3.8, 4) is 0 Å². The van der Waals surface area contributed by atoms with Crippen LogP contribution in [-0.2, 0) is 26.2 Å². The average Bonchev–Trinajstić information content (AvgIpc) is 2.92. The van der Waals surface area contributed by atoms with Crippen molar-refractivity contribution in [1.29, 1.82) is 0 Å². The maximum absolute atomic E-state index is 12.6. The van der Waals surface area contributed by atoms with Crippen LogP contribution in [0.2, 0.25) is 0 Å². The molecule has 2 aliphatic rings. The van der Waals surface area contributed by atoms with E-state index in [1.165, 1.54) is 13.2 Å². The first-order chi connectivity index (χ1) is 13.8. The van der Waals surface area contributed by atoms with Gasteiger partial charge in [-0.1, -0.05) is 42.4 Å². The number of halogens is 3. The average molecular weight is 474 g/mol.